The van der Waals surface area contributed by atoms with Crippen LogP contribution in [0, 0.1) is 6.92 Å². The smallest absolute Gasteiger partial charge is 0.433 e. The fourth-order valence-corrected chi connectivity index (χ4v) is 3.32. The first-order chi connectivity index (χ1) is 16.7. The number of phenols is 1. The fraction of sp³-hybridized carbons (Fsp3) is 0.115. The number of aromatic nitrogens is 4. The van der Waals surface area contributed by atoms with Gasteiger partial charge in [-0.1, -0.05) is 48.0 Å². The lowest BCUT2D eigenvalue weighted by atomic mass is 10.1. The van der Waals surface area contributed by atoms with Crippen LogP contribution in [0.2, 0.25) is 0 Å². The van der Waals surface area contributed by atoms with Crippen molar-refractivity contribution in [1.29, 1.82) is 0 Å². The Balaban J connectivity index is 1.75. The highest BCUT2D eigenvalue weighted by molar-refractivity contribution is 5.73. The van der Waals surface area contributed by atoms with E-state index in [9.17, 15) is 18.3 Å². The maximum atomic E-state index is 13.2. The highest BCUT2D eigenvalue weighted by atomic mass is 19.4. The van der Waals surface area contributed by atoms with E-state index < -0.39 is 11.9 Å². The Morgan fingerprint density at radius 3 is 2.46 bits per heavy atom. The van der Waals surface area contributed by atoms with Crippen LogP contribution >= 0.6 is 0 Å². The van der Waals surface area contributed by atoms with Gasteiger partial charge in [-0.25, -0.2) is 9.97 Å². The average molecular weight is 478 g/mol. The van der Waals surface area contributed by atoms with Crippen LogP contribution in [0.5, 0.6) is 11.5 Å². The number of ether oxygens (including phenoxy) is 1. The molecule has 6 nitrogen and oxygen atoms in total. The van der Waals surface area contributed by atoms with Crippen LogP contribution in [-0.2, 0) is 6.18 Å². The second-order valence-corrected chi connectivity index (χ2v) is 7.66. The summed E-state index contributed by atoms with van der Waals surface area (Å²) in [5.74, 6) is 0.0808. The van der Waals surface area contributed by atoms with E-state index >= 15 is 0 Å². The summed E-state index contributed by atoms with van der Waals surface area (Å²) in [5, 5.41) is 14.2. The van der Waals surface area contributed by atoms with Crippen LogP contribution in [0.3, 0.4) is 0 Å². The molecule has 0 saturated carbocycles. The summed E-state index contributed by atoms with van der Waals surface area (Å²) in [6.45, 7) is 1.98. The number of aromatic hydroxyl groups is 1. The van der Waals surface area contributed by atoms with Crippen LogP contribution in [-0.4, -0.2) is 32.0 Å². The van der Waals surface area contributed by atoms with Gasteiger partial charge in [0, 0.05) is 6.20 Å². The Hall–Kier alpha value is -4.40. The number of hydrogen-bond acceptors (Lipinski definition) is 5. The summed E-state index contributed by atoms with van der Waals surface area (Å²) in [7, 11) is 1.44. The molecular weight excluding hydrogens is 457 g/mol. The van der Waals surface area contributed by atoms with Gasteiger partial charge >= 0.3 is 6.18 Å². The van der Waals surface area contributed by atoms with Crippen molar-refractivity contribution < 1.29 is 23.0 Å². The minimum atomic E-state index is -4.61. The zero-order chi connectivity index (χ0) is 25.0. The normalized spacial score (nSPS) is 12.0. The van der Waals surface area contributed by atoms with Gasteiger partial charge in [0.2, 0.25) is 0 Å². The fourth-order valence-electron chi connectivity index (χ4n) is 3.32. The van der Waals surface area contributed by atoms with Crippen LogP contribution in [0.4, 0.5) is 13.2 Å². The second kappa shape index (κ2) is 9.84. The second-order valence-electron chi connectivity index (χ2n) is 7.66. The molecule has 2 heterocycles. The third-order valence-electron chi connectivity index (χ3n) is 5.02. The molecule has 2 aromatic carbocycles. The number of benzene rings is 2. The first-order valence-electron chi connectivity index (χ1n) is 10.5. The number of methoxy groups -OCH3 is 1. The monoisotopic (exact) mass is 478 g/mol. The van der Waals surface area contributed by atoms with Gasteiger partial charge < -0.3 is 9.84 Å². The van der Waals surface area contributed by atoms with Gasteiger partial charge in [0.1, 0.15) is 5.69 Å². The number of alkyl halides is 3. The molecule has 1 N–H and O–H groups in total. The lowest BCUT2D eigenvalue weighted by molar-refractivity contribution is -0.141. The topological polar surface area (TPSA) is 73.1 Å². The molecule has 0 fully saturated rings. The van der Waals surface area contributed by atoms with Crippen molar-refractivity contribution in [2.24, 2.45) is 0 Å². The standard InChI is InChI=1S/C26H21F3N4O2/c1-17-4-3-5-18(14-17)6-9-20-16-21(10-7-19-8-11-22(34)23(15-19)35-2)33(32-20)25-30-13-12-24(31-25)26(27,28)29/h3-16,34H,1-2H3/b9-6+,10-7+. The molecule has 178 valence electrons. The summed E-state index contributed by atoms with van der Waals surface area (Å²) in [5.41, 5.74) is 2.67. The Morgan fingerprint density at radius 2 is 1.71 bits per heavy atom. The lowest BCUT2D eigenvalue weighted by Crippen LogP contribution is -2.12. The minimum Gasteiger partial charge on any atom is -0.504 e. The molecule has 0 aliphatic heterocycles. The van der Waals surface area contributed by atoms with Crippen LogP contribution < -0.4 is 4.74 Å². The van der Waals surface area contributed by atoms with Crippen molar-refractivity contribution in [3.8, 4) is 17.4 Å². The lowest BCUT2D eigenvalue weighted by Gasteiger charge is -2.08. The SMILES string of the molecule is COc1cc(/C=C/c2cc(/C=C/c3cccc(C)c3)nn2-c2nccc(C(F)(F)F)n2)ccc1O. The molecular formula is C26H21F3N4O2. The van der Waals surface area contributed by atoms with Crippen LogP contribution in [0.15, 0.2) is 60.8 Å². The maximum Gasteiger partial charge on any atom is 0.433 e. The molecule has 35 heavy (non-hydrogen) atoms. The van der Waals surface area contributed by atoms with E-state index in [2.05, 4.69) is 15.1 Å². The van der Waals surface area contributed by atoms with Gasteiger partial charge in [-0.15, -0.1) is 0 Å². The Bertz CT molecular complexity index is 1410. The van der Waals surface area contributed by atoms with Crippen LogP contribution in [0.25, 0.3) is 30.3 Å². The van der Waals surface area contributed by atoms with Crippen molar-refractivity contribution in [2.75, 3.05) is 7.11 Å². The van der Waals surface area contributed by atoms with E-state index in [1.807, 2.05) is 37.3 Å². The first-order valence-corrected chi connectivity index (χ1v) is 10.5. The van der Waals surface area contributed by atoms with Crippen molar-refractivity contribution in [3.05, 3.63) is 94.6 Å². The van der Waals surface area contributed by atoms with Gasteiger partial charge in [-0.2, -0.15) is 23.0 Å². The van der Waals surface area contributed by atoms with E-state index in [4.69, 9.17) is 4.74 Å². The summed E-state index contributed by atoms with van der Waals surface area (Å²) in [6.07, 6.45) is 3.46. The van der Waals surface area contributed by atoms with Crippen molar-refractivity contribution in [3.63, 3.8) is 0 Å². The average Bonchev–Trinajstić information content (AvgIpc) is 3.25. The number of aryl methyl sites for hydroxylation is 1. The summed E-state index contributed by atoms with van der Waals surface area (Å²) in [6, 6.07) is 15.2. The molecule has 0 aliphatic rings. The molecule has 0 atom stereocenters. The number of halogens is 3. The van der Waals surface area contributed by atoms with E-state index in [0.29, 0.717) is 22.7 Å². The third kappa shape index (κ3) is 5.75. The number of nitrogens with zero attached hydrogens (tertiary/aromatic N) is 4. The van der Waals surface area contributed by atoms with Gasteiger partial charge in [0.15, 0.2) is 11.5 Å². The molecule has 0 spiro atoms. The van der Waals surface area contributed by atoms with Gasteiger partial charge in [-0.05, 0) is 54.5 Å². The Morgan fingerprint density at radius 1 is 0.943 bits per heavy atom. The van der Waals surface area contributed by atoms with Gasteiger partial charge in [0.25, 0.3) is 5.95 Å². The molecule has 0 saturated heterocycles. The number of rotatable bonds is 6. The highest BCUT2D eigenvalue weighted by Gasteiger charge is 2.33. The largest absolute Gasteiger partial charge is 0.504 e. The summed E-state index contributed by atoms with van der Waals surface area (Å²) < 4.78 is 46.1. The van der Waals surface area contributed by atoms with Crippen LogP contribution in [0.1, 0.15) is 33.8 Å². The van der Waals surface area contributed by atoms with Crippen molar-refractivity contribution in [1.82, 2.24) is 19.7 Å². The Kier molecular flexibility index (Phi) is 6.68. The van der Waals surface area contributed by atoms with Gasteiger partial charge in [0.05, 0.1) is 18.5 Å². The summed E-state index contributed by atoms with van der Waals surface area (Å²) in [4.78, 5) is 7.66. The Labute approximate surface area is 199 Å². The van der Waals surface area contributed by atoms with E-state index in [1.165, 1.54) is 17.9 Å². The predicted molar refractivity (Wildman–Crippen MR) is 128 cm³/mol. The quantitative estimate of drug-likeness (QED) is 0.366. The molecule has 9 heteroatoms. The van der Waals surface area contributed by atoms with Gasteiger partial charge in [-0.3, -0.25) is 0 Å². The zero-order valence-corrected chi connectivity index (χ0v) is 18.9. The van der Waals surface area contributed by atoms with E-state index in [0.717, 1.165) is 23.4 Å². The first kappa shape index (κ1) is 23.7. The number of phenolic OH excluding ortho intramolecular Hbond substituents is 1. The van der Waals surface area contributed by atoms with E-state index in [1.54, 1.807) is 36.4 Å². The van der Waals surface area contributed by atoms with Crippen molar-refractivity contribution in [2.45, 2.75) is 13.1 Å². The number of hydrogen-bond donors (Lipinski definition) is 1. The molecule has 0 unspecified atom stereocenters. The molecule has 0 amide bonds. The molecule has 4 rings (SSSR count). The molecule has 0 aliphatic carbocycles. The zero-order valence-electron chi connectivity index (χ0n) is 18.9. The maximum absolute atomic E-state index is 13.2. The van der Waals surface area contributed by atoms with E-state index in [-0.39, 0.29) is 11.7 Å². The molecule has 2 aromatic heterocycles. The highest BCUT2D eigenvalue weighted by Crippen LogP contribution is 2.29. The predicted octanol–water partition coefficient (Wildman–Crippen LogP) is 6.04. The minimum absolute atomic E-state index is 0.00405. The molecule has 0 radical (unpaired) electrons. The molecule has 4 aromatic rings. The third-order valence-corrected chi connectivity index (χ3v) is 5.02. The molecule has 0 bridgehead atoms. The van der Waals surface area contributed by atoms with Crippen molar-refractivity contribution >= 4 is 24.3 Å². The summed E-state index contributed by atoms with van der Waals surface area (Å²) >= 11 is 0.